The Kier molecular flexibility index (Phi) is 14.3. The van der Waals surface area contributed by atoms with Crippen molar-refractivity contribution in [2.45, 2.75) is 72.1 Å². The largest absolute Gasteiger partial charge is 0.445 e. The molecule has 0 aliphatic heterocycles. The van der Waals surface area contributed by atoms with Gasteiger partial charge >= 0.3 is 12.1 Å². The molecule has 0 bridgehead atoms. The fourth-order valence-corrected chi connectivity index (χ4v) is 3.38. The molecule has 38 heavy (non-hydrogen) atoms. The van der Waals surface area contributed by atoms with Gasteiger partial charge in [0.15, 0.2) is 0 Å². The molecule has 7 N–H and O–H groups in total. The lowest BCUT2D eigenvalue weighted by Crippen LogP contribution is -2.54. The second kappa shape index (κ2) is 16.8. The minimum absolute atomic E-state index is 0.0684. The average Bonchev–Trinajstić information content (AvgIpc) is 2.86. The molecule has 0 saturated heterocycles. The summed E-state index contributed by atoms with van der Waals surface area (Å²) in [6.07, 6.45) is 1.06. The SMILES string of the molecule is CNC(=O)OCc1ccc(NC(=O)[C@H](CCCNC(N)=O)NC(=O)[C@@H](NC(=O)CCC(C)C)C(C)C)cc1. The molecule has 1 aromatic carbocycles. The van der Waals surface area contributed by atoms with Crippen LogP contribution in [0.3, 0.4) is 0 Å². The first-order valence-corrected chi connectivity index (χ1v) is 12.8. The number of nitrogens with one attached hydrogen (secondary N) is 5. The molecule has 6 amide bonds. The number of hydrogen-bond acceptors (Lipinski definition) is 6. The Labute approximate surface area is 224 Å². The highest BCUT2D eigenvalue weighted by Gasteiger charge is 2.28. The zero-order chi connectivity index (χ0) is 28.7. The number of ether oxygens (including phenoxy) is 1. The van der Waals surface area contributed by atoms with Crippen molar-refractivity contribution in [3.8, 4) is 0 Å². The van der Waals surface area contributed by atoms with Crippen LogP contribution >= 0.6 is 0 Å². The van der Waals surface area contributed by atoms with Crippen LogP contribution in [0.4, 0.5) is 15.3 Å². The third-order valence-corrected chi connectivity index (χ3v) is 5.61. The van der Waals surface area contributed by atoms with Crippen molar-refractivity contribution in [1.29, 1.82) is 0 Å². The van der Waals surface area contributed by atoms with Crippen molar-refractivity contribution in [1.82, 2.24) is 21.3 Å². The normalized spacial score (nSPS) is 12.3. The summed E-state index contributed by atoms with van der Waals surface area (Å²) < 4.78 is 4.99. The zero-order valence-corrected chi connectivity index (χ0v) is 22.9. The number of rotatable bonds is 15. The maximum atomic E-state index is 13.1. The molecule has 12 nitrogen and oxygen atoms in total. The number of hydrogen-bond donors (Lipinski definition) is 6. The van der Waals surface area contributed by atoms with Crippen LogP contribution in [0.25, 0.3) is 0 Å². The molecular weight excluding hydrogens is 492 g/mol. The molecule has 0 radical (unpaired) electrons. The maximum Gasteiger partial charge on any atom is 0.407 e. The van der Waals surface area contributed by atoms with Crippen molar-refractivity contribution >= 4 is 35.5 Å². The van der Waals surface area contributed by atoms with Gasteiger partial charge in [-0.1, -0.05) is 39.8 Å². The average molecular weight is 535 g/mol. The van der Waals surface area contributed by atoms with Crippen LogP contribution in [-0.4, -0.2) is 55.5 Å². The molecule has 12 heteroatoms. The van der Waals surface area contributed by atoms with E-state index in [9.17, 15) is 24.0 Å². The van der Waals surface area contributed by atoms with E-state index < -0.39 is 36.0 Å². The minimum Gasteiger partial charge on any atom is -0.445 e. The molecule has 1 rings (SSSR count). The van der Waals surface area contributed by atoms with Gasteiger partial charge in [-0.25, -0.2) is 9.59 Å². The summed E-state index contributed by atoms with van der Waals surface area (Å²) in [5, 5.41) is 13.1. The number of anilines is 1. The van der Waals surface area contributed by atoms with E-state index in [0.29, 0.717) is 30.9 Å². The lowest BCUT2D eigenvalue weighted by Gasteiger charge is -2.25. The van der Waals surface area contributed by atoms with Gasteiger partial charge in [0.2, 0.25) is 17.7 Å². The van der Waals surface area contributed by atoms with Crippen molar-refractivity contribution in [2.75, 3.05) is 18.9 Å². The van der Waals surface area contributed by atoms with E-state index >= 15 is 0 Å². The van der Waals surface area contributed by atoms with Gasteiger partial charge in [-0.3, -0.25) is 14.4 Å². The summed E-state index contributed by atoms with van der Waals surface area (Å²) in [4.78, 5) is 60.8. The molecule has 1 aromatic rings. The van der Waals surface area contributed by atoms with Gasteiger partial charge in [-0.05, 0) is 48.8 Å². The van der Waals surface area contributed by atoms with E-state index in [-0.39, 0.29) is 31.4 Å². The molecule has 0 heterocycles. The highest BCUT2D eigenvalue weighted by molar-refractivity contribution is 5.98. The zero-order valence-electron chi connectivity index (χ0n) is 22.9. The number of nitrogens with two attached hydrogens (primary N) is 1. The van der Waals surface area contributed by atoms with Crippen LogP contribution in [-0.2, 0) is 25.7 Å². The standard InChI is InChI=1S/C26H42N6O6/c1-16(2)8-13-21(33)32-22(17(3)4)24(35)31-20(7-6-14-29-25(27)36)23(34)30-19-11-9-18(10-12-19)15-38-26(37)28-5/h9-12,16-17,20,22H,6-8,13-15H2,1-5H3,(H,28,37)(H,30,34)(H,31,35)(H,32,33)(H3,27,29,36)/t20-,22-/m0/s1. The summed E-state index contributed by atoms with van der Waals surface area (Å²) in [7, 11) is 1.46. The predicted octanol–water partition coefficient (Wildman–Crippen LogP) is 1.99. The molecule has 0 aliphatic rings. The lowest BCUT2D eigenvalue weighted by molar-refractivity contribution is -0.132. The van der Waals surface area contributed by atoms with E-state index in [1.165, 1.54) is 7.05 Å². The van der Waals surface area contributed by atoms with Crippen LogP contribution in [0.5, 0.6) is 0 Å². The fraction of sp³-hybridized carbons (Fsp3) is 0.577. The topological polar surface area (TPSA) is 181 Å². The monoisotopic (exact) mass is 534 g/mol. The number of urea groups is 1. The number of carbonyl (C=O) groups is 5. The first kappa shape index (κ1) is 32.2. The van der Waals surface area contributed by atoms with Crippen LogP contribution in [0.2, 0.25) is 0 Å². The van der Waals surface area contributed by atoms with Crippen molar-refractivity contribution in [3.05, 3.63) is 29.8 Å². The maximum absolute atomic E-state index is 13.1. The van der Waals surface area contributed by atoms with Gasteiger partial charge < -0.3 is 37.1 Å². The molecule has 0 spiro atoms. The number of benzene rings is 1. The lowest BCUT2D eigenvalue weighted by atomic mass is 10.0. The van der Waals surface area contributed by atoms with Crippen LogP contribution < -0.4 is 32.3 Å². The predicted molar refractivity (Wildman–Crippen MR) is 144 cm³/mol. The quantitative estimate of drug-likeness (QED) is 0.187. The second-order valence-electron chi connectivity index (χ2n) is 9.73. The molecule has 212 valence electrons. The van der Waals surface area contributed by atoms with Gasteiger partial charge in [0.05, 0.1) is 0 Å². The highest BCUT2D eigenvalue weighted by atomic mass is 16.5. The Morgan fingerprint density at radius 1 is 0.921 bits per heavy atom. The number of carbonyl (C=O) groups excluding carboxylic acids is 5. The van der Waals surface area contributed by atoms with Crippen LogP contribution in [0.1, 0.15) is 58.9 Å². The smallest absolute Gasteiger partial charge is 0.407 e. The Morgan fingerprint density at radius 3 is 2.13 bits per heavy atom. The first-order valence-electron chi connectivity index (χ1n) is 12.8. The van der Waals surface area contributed by atoms with E-state index in [4.69, 9.17) is 10.5 Å². The third-order valence-electron chi connectivity index (χ3n) is 5.61. The molecule has 0 fully saturated rings. The van der Waals surface area contributed by atoms with E-state index in [0.717, 1.165) is 5.56 Å². The number of primary amides is 1. The summed E-state index contributed by atoms with van der Waals surface area (Å²) in [5.41, 5.74) is 6.31. The highest BCUT2D eigenvalue weighted by Crippen LogP contribution is 2.13. The van der Waals surface area contributed by atoms with Crippen molar-refractivity contribution in [2.24, 2.45) is 17.6 Å². The van der Waals surface area contributed by atoms with E-state index in [2.05, 4.69) is 26.6 Å². The van der Waals surface area contributed by atoms with Gasteiger partial charge in [-0.15, -0.1) is 0 Å². The van der Waals surface area contributed by atoms with Crippen LogP contribution in [0, 0.1) is 11.8 Å². The van der Waals surface area contributed by atoms with Gasteiger partial charge in [-0.2, -0.15) is 0 Å². The van der Waals surface area contributed by atoms with Crippen LogP contribution in [0.15, 0.2) is 24.3 Å². The van der Waals surface area contributed by atoms with Gasteiger partial charge in [0.1, 0.15) is 18.7 Å². The van der Waals surface area contributed by atoms with Gasteiger partial charge in [0.25, 0.3) is 0 Å². The molecule has 0 aromatic heterocycles. The Morgan fingerprint density at radius 2 is 1.58 bits per heavy atom. The number of amides is 6. The van der Waals surface area contributed by atoms with Gasteiger partial charge in [0, 0.05) is 25.7 Å². The molecule has 0 unspecified atom stereocenters. The Balaban J connectivity index is 2.89. The fourth-order valence-electron chi connectivity index (χ4n) is 3.38. The molecule has 0 saturated carbocycles. The Hall–Kier alpha value is -3.83. The molecule has 0 aliphatic carbocycles. The second-order valence-corrected chi connectivity index (χ2v) is 9.73. The summed E-state index contributed by atoms with van der Waals surface area (Å²) in [5.74, 6) is -1.00. The minimum atomic E-state index is -0.928. The number of alkyl carbamates (subject to hydrolysis) is 1. The summed E-state index contributed by atoms with van der Waals surface area (Å²) in [6, 6.07) is 4.28. The summed E-state index contributed by atoms with van der Waals surface area (Å²) >= 11 is 0. The van der Waals surface area contributed by atoms with E-state index in [1.807, 2.05) is 27.7 Å². The van der Waals surface area contributed by atoms with Crippen molar-refractivity contribution < 1.29 is 28.7 Å². The first-order chi connectivity index (χ1) is 17.9. The van der Waals surface area contributed by atoms with Crippen molar-refractivity contribution in [3.63, 3.8) is 0 Å². The Bertz CT molecular complexity index is 935. The molecule has 2 atom stereocenters. The van der Waals surface area contributed by atoms with E-state index in [1.54, 1.807) is 24.3 Å². The molecular formula is C26H42N6O6. The summed E-state index contributed by atoms with van der Waals surface area (Å²) in [6.45, 7) is 7.96. The third kappa shape index (κ3) is 12.9.